The fourth-order valence-electron chi connectivity index (χ4n) is 12.1. The third-order valence-corrected chi connectivity index (χ3v) is 20.0. The monoisotopic (exact) mass is 826 g/mol. The van der Waals surface area contributed by atoms with Gasteiger partial charge in [0.1, 0.15) is 0 Å². The molecular formula is C60H50N2Si. The zero-order chi connectivity index (χ0) is 42.2. The van der Waals surface area contributed by atoms with E-state index in [1.807, 2.05) is 0 Å². The molecule has 1 aliphatic heterocycles. The van der Waals surface area contributed by atoms with Crippen LogP contribution >= 0.6 is 0 Å². The van der Waals surface area contributed by atoms with Gasteiger partial charge in [0.25, 0.3) is 0 Å². The van der Waals surface area contributed by atoms with E-state index >= 15 is 0 Å². The molecule has 63 heavy (non-hydrogen) atoms. The van der Waals surface area contributed by atoms with E-state index in [1.165, 1.54) is 106 Å². The van der Waals surface area contributed by atoms with E-state index in [1.54, 1.807) is 0 Å². The molecule has 1 aromatic heterocycles. The third-order valence-electron chi connectivity index (χ3n) is 15.3. The topological polar surface area (TPSA) is 8.17 Å². The van der Waals surface area contributed by atoms with E-state index in [0.29, 0.717) is 0 Å². The zero-order valence-corrected chi connectivity index (χ0v) is 37.0. The second-order valence-electron chi connectivity index (χ2n) is 18.4. The smallest absolute Gasteiger partial charge is 0.179 e. The summed E-state index contributed by atoms with van der Waals surface area (Å²) in [7, 11) is -2.76. The van der Waals surface area contributed by atoms with Gasteiger partial charge < -0.3 is 9.47 Å². The summed E-state index contributed by atoms with van der Waals surface area (Å²) < 4.78 is 2.54. The fourth-order valence-corrected chi connectivity index (χ4v) is 16.9. The highest BCUT2D eigenvalue weighted by molar-refractivity contribution is 7.19. The molecule has 2 atom stereocenters. The number of nitrogens with zero attached hydrogens (tertiary/aromatic N) is 2. The predicted octanol–water partition coefficient (Wildman–Crippen LogP) is 12.7. The van der Waals surface area contributed by atoms with Gasteiger partial charge in [-0.05, 0) is 117 Å². The van der Waals surface area contributed by atoms with Crippen molar-refractivity contribution in [3.05, 3.63) is 224 Å². The van der Waals surface area contributed by atoms with E-state index in [4.69, 9.17) is 0 Å². The van der Waals surface area contributed by atoms with Crippen LogP contribution in [0.15, 0.2) is 218 Å². The second kappa shape index (κ2) is 14.6. The van der Waals surface area contributed by atoms with Gasteiger partial charge in [-0.1, -0.05) is 190 Å². The molecule has 12 rings (SSSR count). The van der Waals surface area contributed by atoms with Crippen LogP contribution in [0.4, 0.5) is 11.4 Å². The first-order valence-corrected chi connectivity index (χ1v) is 24.7. The molecular weight excluding hydrogens is 777 g/mol. The van der Waals surface area contributed by atoms with Gasteiger partial charge in [0.15, 0.2) is 8.07 Å². The van der Waals surface area contributed by atoms with Crippen LogP contribution in [0.2, 0.25) is 0 Å². The molecule has 2 nitrogen and oxygen atoms in total. The van der Waals surface area contributed by atoms with Crippen molar-refractivity contribution in [2.45, 2.75) is 50.5 Å². The average Bonchev–Trinajstić information content (AvgIpc) is 3.79. The molecule has 0 saturated heterocycles. The van der Waals surface area contributed by atoms with Crippen molar-refractivity contribution in [3.8, 4) is 16.8 Å². The molecule has 0 amide bonds. The van der Waals surface area contributed by atoms with E-state index in [9.17, 15) is 0 Å². The normalized spacial score (nSPS) is 18.5. The number of hydrogen-bond acceptors (Lipinski definition) is 1. The number of anilines is 2. The van der Waals surface area contributed by atoms with Crippen molar-refractivity contribution in [2.24, 2.45) is 0 Å². The van der Waals surface area contributed by atoms with Gasteiger partial charge in [-0.3, -0.25) is 0 Å². The Hall–Kier alpha value is -6.94. The molecule has 1 aliphatic carbocycles. The average molecular weight is 827 g/mol. The van der Waals surface area contributed by atoms with Crippen LogP contribution in [0.3, 0.4) is 0 Å². The third kappa shape index (κ3) is 5.55. The second-order valence-corrected chi connectivity index (χ2v) is 22.2. The Bertz CT molecular complexity index is 3220. The summed E-state index contributed by atoms with van der Waals surface area (Å²) in [6.45, 7) is 5.10. The molecule has 0 spiro atoms. The highest BCUT2D eigenvalue weighted by Gasteiger charge is 2.57. The Balaban J connectivity index is 1.10. The summed E-state index contributed by atoms with van der Waals surface area (Å²) in [5.74, 6) is 0. The summed E-state index contributed by atoms with van der Waals surface area (Å²) in [4.78, 5) is 2.74. The predicted molar refractivity (Wildman–Crippen MR) is 270 cm³/mol. The van der Waals surface area contributed by atoms with Crippen LogP contribution in [0.25, 0.3) is 49.4 Å². The summed E-state index contributed by atoms with van der Waals surface area (Å²) in [5, 5.41) is 10.6. The van der Waals surface area contributed by atoms with Crippen molar-refractivity contribution < 1.29 is 0 Å². The lowest BCUT2D eigenvalue weighted by atomic mass is 9.61. The Kier molecular flexibility index (Phi) is 8.74. The van der Waals surface area contributed by atoms with Gasteiger partial charge in [-0.15, -0.1) is 0 Å². The van der Waals surface area contributed by atoms with Gasteiger partial charge in [-0.25, -0.2) is 0 Å². The van der Waals surface area contributed by atoms with Gasteiger partial charge >= 0.3 is 0 Å². The Morgan fingerprint density at radius 2 is 1.03 bits per heavy atom. The van der Waals surface area contributed by atoms with Crippen molar-refractivity contribution in [1.82, 2.24) is 4.57 Å². The molecule has 10 aromatic rings. The maximum atomic E-state index is 2.74. The highest BCUT2D eigenvalue weighted by atomic mass is 28.3. The lowest BCUT2D eigenvalue weighted by Gasteiger charge is -2.50. The van der Waals surface area contributed by atoms with Gasteiger partial charge in [-0.2, -0.15) is 0 Å². The van der Waals surface area contributed by atoms with Gasteiger partial charge in [0.05, 0.1) is 16.6 Å². The molecule has 3 heteroatoms. The van der Waals surface area contributed by atoms with Crippen molar-refractivity contribution >= 4 is 72.8 Å². The summed E-state index contributed by atoms with van der Waals surface area (Å²) >= 11 is 0. The summed E-state index contributed by atoms with van der Waals surface area (Å²) in [6.07, 6.45) is 4.84. The van der Waals surface area contributed by atoms with Crippen LogP contribution < -0.4 is 25.6 Å². The SMILES string of the molecule is CC12CCCCC1(C)N(c1ccc3c(c1)c1c4ccccc4ccc1n3-c1cccc([Si](c3ccccc3)(c3ccccc3)c3ccccc3)c1)c1ccc(-c3ccccc3)cc12. The summed E-state index contributed by atoms with van der Waals surface area (Å²) in [5.41, 5.74) is 10.3. The largest absolute Gasteiger partial charge is 0.334 e. The van der Waals surface area contributed by atoms with Crippen LogP contribution in [0, 0.1) is 0 Å². The van der Waals surface area contributed by atoms with Gasteiger partial charge in [0.2, 0.25) is 0 Å². The van der Waals surface area contributed by atoms with E-state index in [2.05, 4.69) is 242 Å². The van der Waals surface area contributed by atoms with E-state index in [-0.39, 0.29) is 11.0 Å². The fraction of sp³-hybridized carbons (Fsp3) is 0.133. The molecule has 0 radical (unpaired) electrons. The molecule has 2 unspecified atom stereocenters. The number of rotatable bonds is 7. The minimum atomic E-state index is -2.76. The molecule has 9 aromatic carbocycles. The van der Waals surface area contributed by atoms with E-state index in [0.717, 1.165) is 6.42 Å². The standard InChI is InChI=1S/C60H50N2Si/c1-59-38-17-18-39-60(59,2)62(56-35-33-45(40-54(56)59)43-20-7-3-8-21-43)47-34-37-55-53(42-47)58-52-31-16-15-22-44(52)32-36-57(58)61(55)46-23-19-30-51(41-46)63(48-24-9-4-10-25-48,49-26-11-5-12-27-49)50-28-13-6-14-29-50/h3-16,19-37,40-42H,17-18,38-39H2,1-2H3. The number of hydrogen-bond donors (Lipinski definition) is 0. The van der Waals surface area contributed by atoms with Gasteiger partial charge in [0, 0.05) is 33.2 Å². The molecule has 0 N–H and O–H groups in total. The Morgan fingerprint density at radius 3 is 1.73 bits per heavy atom. The van der Waals surface area contributed by atoms with Crippen LogP contribution in [-0.2, 0) is 5.41 Å². The molecule has 2 heterocycles. The summed E-state index contributed by atoms with van der Waals surface area (Å²) in [6, 6.07) is 82.5. The van der Waals surface area contributed by atoms with E-state index < -0.39 is 8.07 Å². The van der Waals surface area contributed by atoms with Crippen LogP contribution in [-0.4, -0.2) is 18.2 Å². The van der Waals surface area contributed by atoms with Crippen molar-refractivity contribution in [2.75, 3.05) is 4.90 Å². The molecule has 304 valence electrons. The Morgan fingerprint density at radius 1 is 0.429 bits per heavy atom. The maximum Gasteiger partial charge on any atom is 0.179 e. The van der Waals surface area contributed by atoms with Crippen LogP contribution in [0.5, 0.6) is 0 Å². The molecule has 1 fully saturated rings. The van der Waals surface area contributed by atoms with Crippen molar-refractivity contribution in [1.29, 1.82) is 0 Å². The minimum Gasteiger partial charge on any atom is -0.334 e. The first kappa shape index (κ1) is 37.8. The molecule has 2 aliphatic rings. The molecule has 1 saturated carbocycles. The van der Waals surface area contributed by atoms with Crippen LogP contribution in [0.1, 0.15) is 45.1 Å². The zero-order valence-electron chi connectivity index (χ0n) is 36.0. The minimum absolute atomic E-state index is 0.0219. The maximum absolute atomic E-state index is 2.76. The lowest BCUT2D eigenvalue weighted by Crippen LogP contribution is -2.74. The number of fused-ring (bicyclic) bond motifs is 8. The number of benzene rings is 9. The first-order chi connectivity index (χ1) is 31.0. The highest BCUT2D eigenvalue weighted by Crippen LogP contribution is 2.61. The molecule has 0 bridgehead atoms. The Labute approximate surface area is 371 Å². The first-order valence-electron chi connectivity index (χ1n) is 22.7. The number of aromatic nitrogens is 1. The quantitative estimate of drug-likeness (QED) is 0.115. The lowest BCUT2D eigenvalue weighted by molar-refractivity contribution is 0.195. The van der Waals surface area contributed by atoms with Crippen molar-refractivity contribution in [3.63, 3.8) is 0 Å².